The maximum Gasteiger partial charge on any atom is 0.408 e. The van der Waals surface area contributed by atoms with E-state index in [4.69, 9.17) is 9.47 Å². The van der Waals surface area contributed by atoms with Crippen LogP contribution in [0.3, 0.4) is 0 Å². The number of carbonyl (C=O) groups is 4. The van der Waals surface area contributed by atoms with Gasteiger partial charge >= 0.3 is 12.1 Å². The molecule has 0 aliphatic carbocycles. The predicted molar refractivity (Wildman–Crippen MR) is 138 cm³/mol. The summed E-state index contributed by atoms with van der Waals surface area (Å²) < 4.78 is 37.1. The Morgan fingerprint density at radius 3 is 2.05 bits per heavy atom. The zero-order chi connectivity index (χ0) is 28.3. The van der Waals surface area contributed by atoms with E-state index < -0.39 is 51.6 Å². The Balaban J connectivity index is 1.94. The zero-order valence-electron chi connectivity index (χ0n) is 21.7. The third kappa shape index (κ3) is 10.6. The smallest absolute Gasteiger partial charge is 0.408 e. The maximum atomic E-state index is 12.6. The van der Waals surface area contributed by atoms with E-state index in [-0.39, 0.29) is 24.3 Å². The first-order valence-corrected chi connectivity index (χ1v) is 13.4. The summed E-state index contributed by atoms with van der Waals surface area (Å²) in [5.74, 6) is -2.34. The number of carbonyl (C=O) groups excluding carboxylic acids is 4. The standard InChI is InChI=1S/C26H33N3O8S/c1-18(23(31)29-38(34,35)20-13-9-6-10-14-20)27-22(30)16-15-21(24(32)37-26(2,3)4)28-25(33)36-17-19-11-7-5-8-12-19/h5-14,18,21H,15-17H2,1-4H3,(H,27,30)(H,28,33)(H,29,31)/t18-,21+/m1/s1. The molecule has 0 aromatic heterocycles. The molecule has 0 fully saturated rings. The molecule has 2 rings (SSSR count). The molecule has 0 aliphatic heterocycles. The summed E-state index contributed by atoms with van der Waals surface area (Å²) in [5.41, 5.74) is -0.0956. The Bertz CT molecular complexity index is 1210. The van der Waals surface area contributed by atoms with E-state index in [0.717, 1.165) is 5.56 Å². The van der Waals surface area contributed by atoms with Crippen LogP contribution in [0.1, 0.15) is 46.1 Å². The first-order chi connectivity index (χ1) is 17.8. The molecule has 206 valence electrons. The molecule has 0 unspecified atom stereocenters. The van der Waals surface area contributed by atoms with Gasteiger partial charge in [0.15, 0.2) is 0 Å². The highest BCUT2D eigenvalue weighted by molar-refractivity contribution is 7.90. The average molecular weight is 548 g/mol. The lowest BCUT2D eigenvalue weighted by atomic mass is 10.1. The fourth-order valence-electron chi connectivity index (χ4n) is 3.06. The van der Waals surface area contributed by atoms with Crippen molar-refractivity contribution in [3.8, 4) is 0 Å². The number of nitrogens with one attached hydrogen (secondary N) is 3. The van der Waals surface area contributed by atoms with Gasteiger partial charge in [0.25, 0.3) is 15.9 Å². The van der Waals surface area contributed by atoms with Crippen LogP contribution in [0, 0.1) is 0 Å². The molecule has 0 saturated heterocycles. The van der Waals surface area contributed by atoms with Gasteiger partial charge in [-0.05, 0) is 51.8 Å². The highest BCUT2D eigenvalue weighted by Crippen LogP contribution is 2.12. The van der Waals surface area contributed by atoms with Crippen molar-refractivity contribution in [2.24, 2.45) is 0 Å². The van der Waals surface area contributed by atoms with Gasteiger partial charge < -0.3 is 20.1 Å². The first-order valence-electron chi connectivity index (χ1n) is 11.9. The number of esters is 1. The van der Waals surface area contributed by atoms with Crippen LogP contribution < -0.4 is 15.4 Å². The Morgan fingerprint density at radius 1 is 0.895 bits per heavy atom. The molecule has 0 aliphatic rings. The normalized spacial score (nSPS) is 12.9. The molecule has 2 atom stereocenters. The van der Waals surface area contributed by atoms with Crippen molar-refractivity contribution in [1.82, 2.24) is 15.4 Å². The molecule has 0 bridgehead atoms. The van der Waals surface area contributed by atoms with Gasteiger partial charge in [-0.25, -0.2) is 22.7 Å². The molecule has 0 saturated carbocycles. The van der Waals surface area contributed by atoms with Crippen molar-refractivity contribution >= 4 is 33.9 Å². The van der Waals surface area contributed by atoms with Crippen LogP contribution in [0.5, 0.6) is 0 Å². The van der Waals surface area contributed by atoms with Gasteiger partial charge in [-0.15, -0.1) is 0 Å². The summed E-state index contributed by atoms with van der Waals surface area (Å²) in [6, 6.07) is 13.8. The average Bonchev–Trinajstić information content (AvgIpc) is 2.85. The number of ether oxygens (including phenoxy) is 2. The summed E-state index contributed by atoms with van der Waals surface area (Å²) in [7, 11) is -4.11. The SMILES string of the molecule is C[C@@H](NC(=O)CC[C@H](NC(=O)OCc1ccccc1)C(=O)OC(C)(C)C)C(=O)NS(=O)(=O)c1ccccc1. The summed E-state index contributed by atoms with van der Waals surface area (Å²) in [5, 5.41) is 4.80. The van der Waals surface area contributed by atoms with E-state index in [1.165, 1.54) is 31.2 Å². The summed E-state index contributed by atoms with van der Waals surface area (Å²) in [4.78, 5) is 49.7. The number of rotatable bonds is 11. The van der Waals surface area contributed by atoms with Crippen molar-refractivity contribution in [2.45, 2.75) is 69.7 Å². The van der Waals surface area contributed by atoms with Gasteiger partial charge in [0, 0.05) is 6.42 Å². The van der Waals surface area contributed by atoms with Crippen LogP contribution in [-0.4, -0.2) is 50.0 Å². The number of sulfonamides is 1. The lowest BCUT2D eigenvalue weighted by Gasteiger charge is -2.24. The van der Waals surface area contributed by atoms with Gasteiger partial charge in [-0.3, -0.25) is 9.59 Å². The fourth-order valence-corrected chi connectivity index (χ4v) is 4.14. The monoisotopic (exact) mass is 547 g/mol. The first kappa shape index (κ1) is 30.3. The van der Waals surface area contributed by atoms with E-state index in [1.807, 2.05) is 10.8 Å². The highest BCUT2D eigenvalue weighted by Gasteiger charge is 2.29. The number of benzene rings is 2. The Kier molecular flexibility index (Phi) is 10.8. The summed E-state index contributed by atoms with van der Waals surface area (Å²) in [6.07, 6.45) is -1.30. The number of hydrogen-bond acceptors (Lipinski definition) is 8. The largest absolute Gasteiger partial charge is 0.458 e. The molecule has 0 heterocycles. The molecular weight excluding hydrogens is 514 g/mol. The molecule has 0 spiro atoms. The second-order valence-electron chi connectivity index (χ2n) is 9.40. The molecule has 3 N–H and O–H groups in total. The van der Waals surface area contributed by atoms with Crippen LogP contribution in [-0.2, 0) is 40.5 Å². The minimum absolute atomic E-state index is 0.0211. The Hall–Kier alpha value is -3.93. The molecule has 12 heteroatoms. The molecule has 2 aromatic carbocycles. The fraction of sp³-hybridized carbons (Fsp3) is 0.385. The predicted octanol–water partition coefficient (Wildman–Crippen LogP) is 2.41. The lowest BCUT2D eigenvalue weighted by Crippen LogP contribution is -2.48. The second-order valence-corrected chi connectivity index (χ2v) is 11.1. The van der Waals surface area contributed by atoms with E-state index in [9.17, 15) is 27.6 Å². The molecule has 3 amide bonds. The van der Waals surface area contributed by atoms with Gasteiger partial charge in [-0.1, -0.05) is 48.5 Å². The van der Waals surface area contributed by atoms with Crippen molar-refractivity contribution in [3.05, 3.63) is 66.2 Å². The summed E-state index contributed by atoms with van der Waals surface area (Å²) >= 11 is 0. The minimum Gasteiger partial charge on any atom is -0.458 e. The Morgan fingerprint density at radius 2 is 1.47 bits per heavy atom. The molecule has 2 aromatic rings. The van der Waals surface area contributed by atoms with Gasteiger partial charge in [0.05, 0.1) is 4.90 Å². The van der Waals surface area contributed by atoms with Crippen LogP contribution in [0.25, 0.3) is 0 Å². The molecular formula is C26H33N3O8S. The number of alkyl carbamates (subject to hydrolysis) is 1. The van der Waals surface area contributed by atoms with Crippen molar-refractivity contribution in [3.63, 3.8) is 0 Å². The molecule has 38 heavy (non-hydrogen) atoms. The van der Waals surface area contributed by atoms with E-state index >= 15 is 0 Å². The van der Waals surface area contributed by atoms with E-state index in [0.29, 0.717) is 0 Å². The summed E-state index contributed by atoms with van der Waals surface area (Å²) in [6.45, 7) is 6.27. The van der Waals surface area contributed by atoms with Crippen molar-refractivity contribution in [1.29, 1.82) is 0 Å². The van der Waals surface area contributed by atoms with Gasteiger partial charge in [-0.2, -0.15) is 0 Å². The van der Waals surface area contributed by atoms with Crippen LogP contribution in [0.2, 0.25) is 0 Å². The number of amides is 3. The highest BCUT2D eigenvalue weighted by atomic mass is 32.2. The second kappa shape index (κ2) is 13.6. The van der Waals surface area contributed by atoms with Crippen LogP contribution >= 0.6 is 0 Å². The topological polar surface area (TPSA) is 157 Å². The van der Waals surface area contributed by atoms with E-state index in [1.54, 1.807) is 51.1 Å². The lowest BCUT2D eigenvalue weighted by molar-refractivity contribution is -0.157. The molecule has 0 radical (unpaired) electrons. The third-order valence-corrected chi connectivity index (χ3v) is 6.28. The van der Waals surface area contributed by atoms with E-state index in [2.05, 4.69) is 10.6 Å². The third-order valence-electron chi connectivity index (χ3n) is 4.92. The van der Waals surface area contributed by atoms with Gasteiger partial charge in [0.1, 0.15) is 24.3 Å². The maximum absolute atomic E-state index is 12.6. The van der Waals surface area contributed by atoms with Crippen LogP contribution in [0.4, 0.5) is 4.79 Å². The van der Waals surface area contributed by atoms with Gasteiger partial charge in [0.2, 0.25) is 5.91 Å². The van der Waals surface area contributed by atoms with Crippen LogP contribution in [0.15, 0.2) is 65.6 Å². The minimum atomic E-state index is -4.11. The number of hydrogen-bond donors (Lipinski definition) is 3. The van der Waals surface area contributed by atoms with Crippen molar-refractivity contribution in [2.75, 3.05) is 0 Å². The zero-order valence-corrected chi connectivity index (χ0v) is 22.5. The quantitative estimate of drug-likeness (QED) is 0.362. The van der Waals surface area contributed by atoms with Crippen molar-refractivity contribution < 1.29 is 37.1 Å². The molecule has 11 nitrogen and oxygen atoms in total. The Labute approximate surface area is 222 Å².